The number of imide groups is 1. The van der Waals surface area contributed by atoms with E-state index >= 15 is 4.39 Å². The minimum Gasteiger partial charge on any atom is -0.387 e. The van der Waals surface area contributed by atoms with Crippen LogP contribution in [0, 0.1) is 23.0 Å². The number of benzene rings is 2. The Morgan fingerprint density at radius 2 is 1.39 bits per heavy atom. The van der Waals surface area contributed by atoms with Gasteiger partial charge in [0.15, 0.2) is 0 Å². The van der Waals surface area contributed by atoms with Crippen LogP contribution in [0.4, 0.5) is 8.78 Å². The first-order valence-electron chi connectivity index (χ1n) is 24.7. The molecule has 0 bridgehead atoms. The fourth-order valence-electron chi connectivity index (χ4n) is 8.00. The third kappa shape index (κ3) is 18.8. The molecule has 7 amide bonds. The average Bonchev–Trinajstić information content (AvgIpc) is 3.91. The first-order chi connectivity index (χ1) is 35.2. The summed E-state index contributed by atoms with van der Waals surface area (Å²) >= 11 is 0. The highest BCUT2D eigenvalue weighted by atomic mass is 19.1. The van der Waals surface area contributed by atoms with Crippen molar-refractivity contribution in [2.24, 2.45) is 17.1 Å². The number of aliphatic hydroxyl groups excluding tert-OH is 1. The Balaban J connectivity index is 1.26. The van der Waals surface area contributed by atoms with Crippen molar-refractivity contribution in [1.29, 1.82) is 0 Å². The maximum atomic E-state index is 15.2. The van der Waals surface area contributed by atoms with Gasteiger partial charge in [-0.25, -0.2) is 13.8 Å². The van der Waals surface area contributed by atoms with Crippen molar-refractivity contribution in [3.8, 4) is 11.3 Å². The number of carbonyl (C=O) groups excluding carboxylic acids is 7. The molecule has 406 valence electrons. The van der Waals surface area contributed by atoms with E-state index in [0.29, 0.717) is 19.0 Å². The highest BCUT2D eigenvalue weighted by Gasteiger charge is 2.39. The van der Waals surface area contributed by atoms with Gasteiger partial charge in [-0.1, -0.05) is 65.0 Å². The van der Waals surface area contributed by atoms with Gasteiger partial charge in [0, 0.05) is 69.5 Å². The largest absolute Gasteiger partial charge is 0.387 e. The molecule has 0 saturated heterocycles. The summed E-state index contributed by atoms with van der Waals surface area (Å²) in [4.78, 5) is 97.4. The number of nitrogens with one attached hydrogen (secondary N) is 2. The summed E-state index contributed by atoms with van der Waals surface area (Å²) in [6, 6.07) is 9.44. The Morgan fingerprint density at radius 3 is 1.97 bits per heavy atom. The first-order valence-corrected chi connectivity index (χ1v) is 24.7. The van der Waals surface area contributed by atoms with Crippen molar-refractivity contribution >= 4 is 41.4 Å². The van der Waals surface area contributed by atoms with E-state index in [-0.39, 0.29) is 109 Å². The van der Waals surface area contributed by atoms with Gasteiger partial charge in [0.05, 0.1) is 64.6 Å². The lowest BCUT2D eigenvalue weighted by molar-refractivity contribution is -0.144. The van der Waals surface area contributed by atoms with E-state index < -0.39 is 83.1 Å². The van der Waals surface area contributed by atoms with Gasteiger partial charge in [0.2, 0.25) is 29.5 Å². The number of halogens is 2. The molecule has 3 aromatic rings. The molecule has 2 aromatic carbocycles. The van der Waals surface area contributed by atoms with Crippen molar-refractivity contribution < 1.29 is 66.4 Å². The Bertz CT molecular complexity index is 2360. The lowest BCUT2D eigenvalue weighted by Gasteiger charge is -2.40. The molecule has 1 aliphatic heterocycles. The number of hydrogen-bond donors (Lipinski definition) is 4. The van der Waals surface area contributed by atoms with Crippen LogP contribution < -0.4 is 16.4 Å². The molecular weight excluding hydrogens is 967 g/mol. The van der Waals surface area contributed by atoms with Gasteiger partial charge in [-0.3, -0.25) is 38.5 Å². The molecule has 1 aliphatic rings. The fraction of sp³-hybridized carbons (Fsp3) is 0.538. The summed E-state index contributed by atoms with van der Waals surface area (Å²) in [5, 5.41) is 15.7. The van der Waals surface area contributed by atoms with Crippen molar-refractivity contribution in [2.75, 3.05) is 85.6 Å². The van der Waals surface area contributed by atoms with E-state index in [1.54, 1.807) is 24.6 Å². The number of aromatic nitrogens is 2. The molecule has 0 spiro atoms. The summed E-state index contributed by atoms with van der Waals surface area (Å²) in [5.41, 5.74) is 5.91. The fourth-order valence-corrected chi connectivity index (χ4v) is 8.00. The molecule has 2 heterocycles. The van der Waals surface area contributed by atoms with Crippen molar-refractivity contribution in [2.45, 2.75) is 85.5 Å². The van der Waals surface area contributed by atoms with Crippen LogP contribution >= 0.6 is 0 Å². The Labute approximate surface area is 430 Å². The van der Waals surface area contributed by atoms with Gasteiger partial charge in [0.25, 0.3) is 11.8 Å². The van der Waals surface area contributed by atoms with Gasteiger partial charge < -0.3 is 54.8 Å². The third-order valence-corrected chi connectivity index (χ3v) is 11.9. The quantitative estimate of drug-likeness (QED) is 0.0507. The molecular formula is C52H72F2N8O12. The number of nitrogens with two attached hydrogens (primary N) is 1. The zero-order valence-electron chi connectivity index (χ0n) is 43.2. The van der Waals surface area contributed by atoms with Crippen LogP contribution in [0.2, 0.25) is 0 Å². The Kier molecular flexibility index (Phi) is 24.4. The number of carbonyl (C=O) groups is 7. The number of hydrogen-bond acceptors (Lipinski definition) is 13. The van der Waals surface area contributed by atoms with Gasteiger partial charge in [-0.2, -0.15) is 0 Å². The van der Waals surface area contributed by atoms with Crippen LogP contribution in [0.5, 0.6) is 0 Å². The van der Waals surface area contributed by atoms with E-state index in [0.717, 1.165) is 28.7 Å². The minimum atomic E-state index is -1.11. The molecule has 5 N–H and O–H groups in total. The second-order valence-corrected chi connectivity index (χ2v) is 18.9. The van der Waals surface area contributed by atoms with Crippen LogP contribution in [0.1, 0.15) is 78.2 Å². The molecule has 20 nitrogen and oxygen atoms in total. The van der Waals surface area contributed by atoms with Crippen LogP contribution in [0.25, 0.3) is 11.3 Å². The second-order valence-electron chi connectivity index (χ2n) is 18.9. The van der Waals surface area contributed by atoms with Gasteiger partial charge in [0.1, 0.15) is 36.1 Å². The van der Waals surface area contributed by atoms with E-state index in [1.807, 2.05) is 51.1 Å². The average molecular weight is 1040 g/mol. The Hall–Kier alpha value is -6.46. The number of aliphatic hydroxyl groups is 1. The molecule has 0 radical (unpaired) electrons. The zero-order valence-corrected chi connectivity index (χ0v) is 43.2. The lowest BCUT2D eigenvalue weighted by Crippen LogP contribution is -2.56. The summed E-state index contributed by atoms with van der Waals surface area (Å²) in [6.45, 7) is 12.0. The molecule has 74 heavy (non-hydrogen) atoms. The normalized spacial score (nSPS) is 13.8. The molecule has 1 aromatic heterocycles. The highest BCUT2D eigenvalue weighted by Crippen LogP contribution is 2.39. The first kappa shape index (κ1) is 60.1. The Morgan fingerprint density at radius 1 is 0.797 bits per heavy atom. The van der Waals surface area contributed by atoms with E-state index in [9.17, 15) is 43.1 Å². The standard InChI is InChI=1S/C52H72F2N8O12/c1-35(2)47(58-43(65)18-23-71-25-27-73-29-30-74-28-26-72-24-19-56-42(64)17-22-61-44(66)15-16-45(61)67)51(70)60(36(3)49(55)69)20-10-21-62(46(68)34-63)48(52(4,5)6)50-57-41(39-31-38(53)13-14-40(39)54)33-59(50)32-37-11-8-7-9-12-37/h7-9,11-16,31,33,35-36,47-48,63H,10,17-30,32,34H2,1-6H3,(H2,55,69)(H,56,64)(H,58,65)/t36-,47-,48-/m0/s1. The smallest absolute Gasteiger partial charge is 0.253 e. The molecule has 0 unspecified atom stereocenters. The summed E-state index contributed by atoms with van der Waals surface area (Å²) < 4.78 is 53.4. The molecule has 22 heteroatoms. The number of rotatable bonds is 33. The van der Waals surface area contributed by atoms with Gasteiger partial charge in [-0.15, -0.1) is 0 Å². The van der Waals surface area contributed by atoms with Crippen molar-refractivity contribution in [1.82, 2.24) is 34.9 Å². The van der Waals surface area contributed by atoms with Crippen LogP contribution in [0.3, 0.4) is 0 Å². The number of imidazole rings is 1. The summed E-state index contributed by atoms with van der Waals surface area (Å²) in [6.07, 6.45) is 3.95. The monoisotopic (exact) mass is 1040 g/mol. The maximum absolute atomic E-state index is 15.2. The molecule has 4 rings (SSSR count). The van der Waals surface area contributed by atoms with Gasteiger partial charge >= 0.3 is 0 Å². The van der Waals surface area contributed by atoms with E-state index in [4.69, 9.17) is 29.7 Å². The molecule has 3 atom stereocenters. The van der Waals surface area contributed by atoms with Crippen molar-refractivity contribution in [3.63, 3.8) is 0 Å². The van der Waals surface area contributed by atoms with E-state index in [1.165, 1.54) is 28.9 Å². The molecule has 0 saturated carbocycles. The summed E-state index contributed by atoms with van der Waals surface area (Å²) in [7, 11) is 0. The minimum absolute atomic E-state index is 0.00337. The highest BCUT2D eigenvalue weighted by molar-refractivity contribution is 6.13. The van der Waals surface area contributed by atoms with Crippen LogP contribution in [-0.4, -0.2) is 168 Å². The summed E-state index contributed by atoms with van der Waals surface area (Å²) in [5.74, 6) is -5.09. The predicted octanol–water partition coefficient (Wildman–Crippen LogP) is 2.91. The van der Waals surface area contributed by atoms with Gasteiger partial charge in [-0.05, 0) is 48.4 Å². The number of ether oxygens (including phenoxy) is 4. The zero-order chi connectivity index (χ0) is 54.4. The third-order valence-electron chi connectivity index (χ3n) is 11.9. The SMILES string of the molecule is CC(C)[C@H](NC(=O)CCOCCOCCOCCOCCNC(=O)CCN1C(=O)C=CC1=O)C(=O)N(CCCN(C(=O)CO)[C@@H](c1nc(-c2cc(F)ccc2F)cn1Cc1ccccc1)C(C)(C)C)[C@@H](C)C(N)=O. The number of nitrogens with zero attached hydrogens (tertiary/aromatic N) is 5. The van der Waals surface area contributed by atoms with Crippen LogP contribution in [-0.2, 0) is 59.1 Å². The van der Waals surface area contributed by atoms with E-state index in [2.05, 4.69) is 10.6 Å². The predicted molar refractivity (Wildman–Crippen MR) is 267 cm³/mol. The topological polar surface area (TPSA) is 254 Å². The maximum Gasteiger partial charge on any atom is 0.253 e. The molecule has 0 aliphatic carbocycles. The lowest BCUT2D eigenvalue weighted by atomic mass is 9.84. The van der Waals surface area contributed by atoms with Crippen molar-refractivity contribution in [3.05, 3.63) is 89.9 Å². The second kappa shape index (κ2) is 30.0. The molecule has 0 fully saturated rings. The number of amides is 7. The number of primary amides is 1. The van der Waals surface area contributed by atoms with Crippen LogP contribution in [0.15, 0.2) is 66.9 Å².